The molecule has 1 aliphatic carbocycles. The Labute approximate surface area is 112 Å². The second-order valence-corrected chi connectivity index (χ2v) is 4.74. The lowest BCUT2D eigenvalue weighted by Crippen LogP contribution is -2.20. The minimum atomic E-state index is -0.507. The van der Waals surface area contributed by atoms with Gasteiger partial charge in [-0.3, -0.25) is 4.79 Å². The maximum atomic E-state index is 12.1. The van der Waals surface area contributed by atoms with Gasteiger partial charge in [0.2, 0.25) is 5.78 Å². The summed E-state index contributed by atoms with van der Waals surface area (Å²) in [6.07, 6.45) is 3.26. The summed E-state index contributed by atoms with van der Waals surface area (Å²) in [5.41, 5.74) is 1.84. The zero-order valence-corrected chi connectivity index (χ0v) is 11.0. The van der Waals surface area contributed by atoms with Crippen molar-refractivity contribution in [2.24, 2.45) is 0 Å². The Hall–Kier alpha value is -1.54. The Morgan fingerprint density at radius 2 is 2.00 bits per heavy atom. The monoisotopic (exact) mass is 262 g/mol. The summed E-state index contributed by atoms with van der Waals surface area (Å²) in [7, 11) is 0. The maximum Gasteiger partial charge on any atom is 0.202 e. The first kappa shape index (κ1) is 12.9. The van der Waals surface area contributed by atoms with Gasteiger partial charge in [-0.05, 0) is 55.7 Å². The number of benzene rings is 1. The lowest BCUT2D eigenvalue weighted by molar-refractivity contribution is 0.0705. The molecule has 0 spiro atoms. The highest BCUT2D eigenvalue weighted by Crippen LogP contribution is 2.33. The van der Waals surface area contributed by atoms with Crippen molar-refractivity contribution in [3.05, 3.63) is 58.8 Å². The first-order valence-electron chi connectivity index (χ1n) is 5.92. The summed E-state index contributed by atoms with van der Waals surface area (Å²) < 4.78 is 5.65. The Bertz CT molecular complexity index is 494. The molecule has 0 aromatic heterocycles. The zero-order chi connectivity index (χ0) is 13.1. The predicted molar refractivity (Wildman–Crippen MR) is 72.8 cm³/mol. The maximum absolute atomic E-state index is 12.1. The van der Waals surface area contributed by atoms with E-state index in [1.54, 1.807) is 37.3 Å². The molecule has 0 bridgehead atoms. The number of hydrogen-bond acceptors (Lipinski definition) is 2. The number of carbonyl (C=O) groups excluding carboxylic acids is 1. The number of Topliss-reactive ketones (excluding diaryl/α,β-unsaturated/α-hetero) is 1. The van der Waals surface area contributed by atoms with Crippen molar-refractivity contribution in [2.75, 3.05) is 0 Å². The molecule has 0 radical (unpaired) electrons. The summed E-state index contributed by atoms with van der Waals surface area (Å²) in [6, 6.07) is 6.83. The molecule has 0 aliphatic heterocycles. The molecule has 2 rings (SSSR count). The third kappa shape index (κ3) is 3.02. The molecule has 0 N–H and O–H groups in total. The van der Waals surface area contributed by atoms with Gasteiger partial charge in [-0.2, -0.15) is 0 Å². The summed E-state index contributed by atoms with van der Waals surface area (Å²) in [4.78, 5) is 12.1. The van der Waals surface area contributed by atoms with Gasteiger partial charge in [0.05, 0.1) is 0 Å². The van der Waals surface area contributed by atoms with Gasteiger partial charge in [-0.1, -0.05) is 18.2 Å². The van der Waals surface area contributed by atoms with Crippen LogP contribution in [0.4, 0.5) is 0 Å². The average molecular weight is 263 g/mol. The van der Waals surface area contributed by atoms with E-state index in [0.29, 0.717) is 10.6 Å². The third-order valence-electron chi connectivity index (χ3n) is 2.84. The highest BCUT2D eigenvalue weighted by atomic mass is 35.5. The largest absolute Gasteiger partial charge is 0.483 e. The number of rotatable bonds is 5. The summed E-state index contributed by atoms with van der Waals surface area (Å²) in [5, 5.41) is 0.618. The first-order valence-corrected chi connectivity index (χ1v) is 6.30. The van der Waals surface area contributed by atoms with E-state index in [2.05, 4.69) is 6.58 Å². The molecule has 2 nitrogen and oxygen atoms in total. The van der Waals surface area contributed by atoms with E-state index in [4.69, 9.17) is 16.3 Å². The van der Waals surface area contributed by atoms with Crippen molar-refractivity contribution in [1.82, 2.24) is 0 Å². The van der Waals surface area contributed by atoms with Gasteiger partial charge in [0.1, 0.15) is 5.76 Å². The standard InChI is InChI=1S/C15H15ClO2/c1-3-14(11-4-5-11)18-10(2)15(17)12-6-8-13(16)9-7-12/h3,6-10H,1,4-5H2,2H3. The first-order chi connectivity index (χ1) is 8.61. The predicted octanol–water partition coefficient (Wildman–Crippen LogP) is 4.16. The van der Waals surface area contributed by atoms with Crippen LogP contribution >= 0.6 is 11.6 Å². The molecule has 1 aromatic rings. The zero-order valence-electron chi connectivity index (χ0n) is 10.3. The molecule has 18 heavy (non-hydrogen) atoms. The van der Waals surface area contributed by atoms with Crippen molar-refractivity contribution in [3.63, 3.8) is 0 Å². The van der Waals surface area contributed by atoms with Crippen molar-refractivity contribution in [3.8, 4) is 0 Å². The highest BCUT2D eigenvalue weighted by Gasteiger charge is 2.22. The molecule has 1 aromatic carbocycles. The molecule has 1 fully saturated rings. The fourth-order valence-corrected chi connectivity index (χ4v) is 1.80. The Kier molecular flexibility index (Phi) is 3.87. The molecule has 1 aliphatic rings. The van der Waals surface area contributed by atoms with Crippen LogP contribution in [0.25, 0.3) is 0 Å². The van der Waals surface area contributed by atoms with Crippen LogP contribution in [-0.2, 0) is 4.74 Å². The third-order valence-corrected chi connectivity index (χ3v) is 3.09. The van der Waals surface area contributed by atoms with E-state index >= 15 is 0 Å². The van der Waals surface area contributed by atoms with Crippen LogP contribution in [0.15, 0.2) is 48.3 Å². The molecule has 0 amide bonds. The van der Waals surface area contributed by atoms with Crippen molar-refractivity contribution in [2.45, 2.75) is 25.9 Å². The van der Waals surface area contributed by atoms with Crippen molar-refractivity contribution in [1.29, 1.82) is 0 Å². The Morgan fingerprint density at radius 3 is 2.50 bits per heavy atom. The van der Waals surface area contributed by atoms with E-state index in [1.807, 2.05) is 0 Å². The van der Waals surface area contributed by atoms with Crippen LogP contribution in [0.3, 0.4) is 0 Å². The number of allylic oxidation sites excluding steroid dienone is 2. The fraction of sp³-hybridized carbons (Fsp3) is 0.267. The number of hydrogen-bond donors (Lipinski definition) is 0. The van der Waals surface area contributed by atoms with Gasteiger partial charge in [-0.25, -0.2) is 0 Å². The van der Waals surface area contributed by atoms with Crippen LogP contribution in [0.5, 0.6) is 0 Å². The highest BCUT2D eigenvalue weighted by molar-refractivity contribution is 6.30. The normalized spacial score (nSPS) is 14.9. The van der Waals surface area contributed by atoms with Crippen molar-refractivity contribution < 1.29 is 9.53 Å². The molecule has 0 heterocycles. The van der Waals surface area contributed by atoms with Crippen LogP contribution < -0.4 is 0 Å². The average Bonchev–Trinajstić information content (AvgIpc) is 3.20. The van der Waals surface area contributed by atoms with Gasteiger partial charge in [-0.15, -0.1) is 0 Å². The van der Waals surface area contributed by atoms with Crippen LogP contribution in [-0.4, -0.2) is 11.9 Å². The van der Waals surface area contributed by atoms with E-state index in [0.717, 1.165) is 18.6 Å². The van der Waals surface area contributed by atoms with Crippen LogP contribution in [0.2, 0.25) is 5.02 Å². The van der Waals surface area contributed by atoms with Gasteiger partial charge in [0, 0.05) is 10.6 Å². The van der Waals surface area contributed by atoms with Crippen molar-refractivity contribution >= 4 is 17.4 Å². The molecule has 3 heteroatoms. The number of ether oxygens (including phenoxy) is 1. The smallest absolute Gasteiger partial charge is 0.202 e. The lowest BCUT2D eigenvalue weighted by atomic mass is 10.1. The second kappa shape index (κ2) is 5.40. The Balaban J connectivity index is 2.07. The molecular weight excluding hydrogens is 248 g/mol. The fourth-order valence-electron chi connectivity index (χ4n) is 1.68. The molecule has 1 atom stereocenters. The SMILES string of the molecule is C=CC(OC(C)C(=O)c1ccc(Cl)cc1)=C1CC1. The summed E-state index contributed by atoms with van der Waals surface area (Å²) in [5.74, 6) is 0.706. The molecule has 1 unspecified atom stereocenters. The van der Waals surface area contributed by atoms with E-state index < -0.39 is 6.10 Å². The van der Waals surface area contributed by atoms with E-state index in [-0.39, 0.29) is 5.78 Å². The van der Waals surface area contributed by atoms with Gasteiger partial charge >= 0.3 is 0 Å². The Morgan fingerprint density at radius 1 is 1.39 bits per heavy atom. The lowest BCUT2D eigenvalue weighted by Gasteiger charge is -2.14. The number of ketones is 1. The van der Waals surface area contributed by atoms with Crippen LogP contribution in [0.1, 0.15) is 30.1 Å². The summed E-state index contributed by atoms with van der Waals surface area (Å²) >= 11 is 5.79. The minimum absolute atomic E-state index is 0.0488. The van der Waals surface area contributed by atoms with E-state index in [1.165, 1.54) is 5.57 Å². The van der Waals surface area contributed by atoms with Gasteiger partial charge < -0.3 is 4.74 Å². The number of carbonyl (C=O) groups is 1. The number of halogens is 1. The molecular formula is C15H15ClO2. The van der Waals surface area contributed by atoms with Gasteiger partial charge in [0.25, 0.3) is 0 Å². The summed E-state index contributed by atoms with van der Waals surface area (Å²) in [6.45, 7) is 5.46. The van der Waals surface area contributed by atoms with Crippen LogP contribution in [0, 0.1) is 0 Å². The minimum Gasteiger partial charge on any atom is -0.483 e. The molecule has 0 saturated heterocycles. The van der Waals surface area contributed by atoms with Gasteiger partial charge in [0.15, 0.2) is 6.10 Å². The van der Waals surface area contributed by atoms with E-state index in [9.17, 15) is 4.79 Å². The molecule has 1 saturated carbocycles. The quantitative estimate of drug-likeness (QED) is 0.588. The topological polar surface area (TPSA) is 26.3 Å². The second-order valence-electron chi connectivity index (χ2n) is 4.30. The molecule has 94 valence electrons.